The number of hydrogen-bond donors (Lipinski definition) is 2. The van der Waals surface area contributed by atoms with Gasteiger partial charge in [-0.25, -0.2) is 4.79 Å². The number of rotatable bonds is 3. The zero-order chi connectivity index (χ0) is 13.1. The number of carboxylic acids is 1. The molecule has 0 saturated carbocycles. The average molecular weight is 243 g/mol. The summed E-state index contributed by atoms with van der Waals surface area (Å²) >= 11 is 0. The molecule has 2 rings (SSSR count). The Labute approximate surface area is 102 Å². The largest absolute Gasteiger partial charge is 0.505 e. The van der Waals surface area contributed by atoms with Crippen LogP contribution >= 0.6 is 0 Å². The maximum atomic E-state index is 10.9. The minimum Gasteiger partial charge on any atom is -0.505 e. The fourth-order valence-electron chi connectivity index (χ4n) is 1.66. The fourth-order valence-corrected chi connectivity index (χ4v) is 1.66. The van der Waals surface area contributed by atoms with Gasteiger partial charge >= 0.3 is 5.97 Å². The van der Waals surface area contributed by atoms with Gasteiger partial charge in [-0.1, -0.05) is 24.3 Å². The predicted molar refractivity (Wildman–Crippen MR) is 66.0 cm³/mol. The lowest BCUT2D eigenvalue weighted by Crippen LogP contribution is -1.95. The third-order valence-electron chi connectivity index (χ3n) is 2.53. The van der Waals surface area contributed by atoms with Gasteiger partial charge in [0.05, 0.1) is 5.56 Å². The highest BCUT2D eigenvalue weighted by molar-refractivity contribution is 5.90. The van der Waals surface area contributed by atoms with Crippen molar-refractivity contribution in [1.82, 2.24) is 0 Å². The molecule has 0 aliphatic rings. The number of phenols is 1. The summed E-state index contributed by atoms with van der Waals surface area (Å²) in [5.41, 5.74) is 0.915. The predicted octanol–water partition coefficient (Wildman–Crippen LogP) is 3.16. The molecule has 0 heterocycles. The molecule has 18 heavy (non-hydrogen) atoms. The van der Waals surface area contributed by atoms with E-state index < -0.39 is 5.97 Å². The van der Waals surface area contributed by atoms with Crippen LogP contribution in [0, 0.1) is 4.91 Å². The van der Waals surface area contributed by atoms with Crippen molar-refractivity contribution >= 4 is 11.7 Å². The second-order valence-corrected chi connectivity index (χ2v) is 3.65. The van der Waals surface area contributed by atoms with Gasteiger partial charge in [0, 0.05) is 5.56 Å². The van der Waals surface area contributed by atoms with E-state index in [0.29, 0.717) is 11.1 Å². The van der Waals surface area contributed by atoms with Gasteiger partial charge in [0.25, 0.3) is 0 Å². The highest BCUT2D eigenvalue weighted by Gasteiger charge is 2.11. The van der Waals surface area contributed by atoms with Crippen molar-refractivity contribution < 1.29 is 15.0 Å². The van der Waals surface area contributed by atoms with Gasteiger partial charge in [-0.15, -0.1) is 4.91 Å². The lowest BCUT2D eigenvalue weighted by atomic mass is 10.0. The number of aromatic carboxylic acids is 1. The van der Waals surface area contributed by atoms with E-state index in [1.807, 2.05) is 0 Å². The number of aromatic hydroxyl groups is 1. The minimum atomic E-state index is -1.05. The second-order valence-electron chi connectivity index (χ2n) is 3.65. The number of benzene rings is 2. The summed E-state index contributed by atoms with van der Waals surface area (Å²) in [6.45, 7) is 0. The number of phenolic OH excluding ortho intramolecular Hbond substituents is 1. The second kappa shape index (κ2) is 4.67. The quantitative estimate of drug-likeness (QED) is 0.810. The fraction of sp³-hybridized carbons (Fsp3) is 0. The Bertz CT molecular complexity index is 622. The maximum absolute atomic E-state index is 10.9. The van der Waals surface area contributed by atoms with Gasteiger partial charge in [0.1, 0.15) is 5.69 Å². The molecule has 0 fully saturated rings. The van der Waals surface area contributed by atoms with Crippen molar-refractivity contribution in [1.29, 1.82) is 0 Å². The number of carboxylic acid groups (broad SMARTS) is 1. The minimum absolute atomic E-state index is 0.0757. The first kappa shape index (κ1) is 11.8. The lowest BCUT2D eigenvalue weighted by Gasteiger charge is -2.06. The molecule has 2 N–H and O–H groups in total. The Hall–Kier alpha value is -2.69. The molecule has 5 nitrogen and oxygen atoms in total. The van der Waals surface area contributed by atoms with Crippen LogP contribution in [0.2, 0.25) is 0 Å². The molecule has 0 unspecified atom stereocenters. The van der Waals surface area contributed by atoms with Gasteiger partial charge < -0.3 is 10.2 Å². The highest BCUT2D eigenvalue weighted by atomic mass is 16.4. The first-order valence-electron chi connectivity index (χ1n) is 5.12. The van der Waals surface area contributed by atoms with Crippen LogP contribution in [-0.2, 0) is 0 Å². The zero-order valence-corrected chi connectivity index (χ0v) is 9.20. The van der Waals surface area contributed by atoms with Crippen LogP contribution in [-0.4, -0.2) is 16.2 Å². The number of para-hydroxylation sites is 1. The summed E-state index contributed by atoms with van der Waals surface area (Å²) < 4.78 is 0. The smallest absolute Gasteiger partial charge is 0.335 e. The molecule has 90 valence electrons. The van der Waals surface area contributed by atoms with Crippen molar-refractivity contribution in [3.63, 3.8) is 0 Å². The first-order valence-corrected chi connectivity index (χ1v) is 5.12. The molecule has 0 spiro atoms. The number of nitrogens with zero attached hydrogens (tertiary/aromatic N) is 1. The van der Waals surface area contributed by atoms with Crippen molar-refractivity contribution in [2.75, 3.05) is 0 Å². The van der Waals surface area contributed by atoms with E-state index in [0.717, 1.165) is 0 Å². The number of carbonyl (C=O) groups is 1. The van der Waals surface area contributed by atoms with E-state index in [4.69, 9.17) is 5.11 Å². The first-order chi connectivity index (χ1) is 8.63. The van der Waals surface area contributed by atoms with Crippen molar-refractivity contribution in [2.45, 2.75) is 0 Å². The van der Waals surface area contributed by atoms with Crippen LogP contribution in [0.25, 0.3) is 11.1 Å². The standard InChI is InChI=1S/C13H9NO4/c15-12-10(5-2-6-11(12)14-18)8-3-1-4-9(7-8)13(16)17/h1-7,15H,(H,16,17). The van der Waals surface area contributed by atoms with E-state index >= 15 is 0 Å². The summed E-state index contributed by atoms with van der Waals surface area (Å²) in [5.74, 6) is -1.31. The maximum Gasteiger partial charge on any atom is 0.335 e. The van der Waals surface area contributed by atoms with E-state index in [2.05, 4.69) is 5.18 Å². The summed E-state index contributed by atoms with van der Waals surface area (Å²) in [7, 11) is 0. The topological polar surface area (TPSA) is 87.0 Å². The summed E-state index contributed by atoms with van der Waals surface area (Å²) in [6.07, 6.45) is 0. The average Bonchev–Trinajstić information content (AvgIpc) is 2.39. The van der Waals surface area contributed by atoms with Crippen LogP contribution in [0.4, 0.5) is 5.69 Å². The van der Waals surface area contributed by atoms with Crippen LogP contribution in [0.5, 0.6) is 5.75 Å². The van der Waals surface area contributed by atoms with Crippen molar-refractivity contribution in [3.8, 4) is 16.9 Å². The van der Waals surface area contributed by atoms with Crippen LogP contribution in [0.3, 0.4) is 0 Å². The molecule has 0 amide bonds. The third-order valence-corrected chi connectivity index (χ3v) is 2.53. The zero-order valence-electron chi connectivity index (χ0n) is 9.20. The number of nitroso groups, excluding NO2 is 1. The van der Waals surface area contributed by atoms with E-state index in [9.17, 15) is 14.8 Å². The highest BCUT2D eigenvalue weighted by Crippen LogP contribution is 2.36. The summed E-state index contributed by atoms with van der Waals surface area (Å²) in [4.78, 5) is 21.3. The van der Waals surface area contributed by atoms with Crippen LogP contribution in [0.1, 0.15) is 10.4 Å². The van der Waals surface area contributed by atoms with Crippen molar-refractivity contribution in [3.05, 3.63) is 52.9 Å². The molecule has 0 aliphatic heterocycles. The van der Waals surface area contributed by atoms with E-state index in [1.165, 1.54) is 18.2 Å². The van der Waals surface area contributed by atoms with Crippen LogP contribution < -0.4 is 0 Å². The Morgan fingerprint density at radius 1 is 1.11 bits per heavy atom. The lowest BCUT2D eigenvalue weighted by molar-refractivity contribution is 0.0697. The van der Waals surface area contributed by atoms with Gasteiger partial charge in [-0.3, -0.25) is 0 Å². The molecular formula is C13H9NO4. The Morgan fingerprint density at radius 2 is 1.83 bits per heavy atom. The van der Waals surface area contributed by atoms with Gasteiger partial charge in [-0.2, -0.15) is 0 Å². The molecule has 0 bridgehead atoms. The molecule has 2 aromatic rings. The summed E-state index contributed by atoms with van der Waals surface area (Å²) in [5, 5.41) is 21.4. The SMILES string of the molecule is O=Nc1cccc(-c2cccc(C(=O)O)c2)c1O. The van der Waals surface area contributed by atoms with Gasteiger partial charge in [-0.05, 0) is 28.9 Å². The monoisotopic (exact) mass is 243 g/mol. The van der Waals surface area contributed by atoms with Gasteiger partial charge in [0.15, 0.2) is 5.75 Å². The molecule has 0 atom stereocenters. The molecular weight excluding hydrogens is 234 g/mol. The molecule has 2 aromatic carbocycles. The molecule has 0 radical (unpaired) electrons. The molecule has 0 saturated heterocycles. The molecule has 0 aromatic heterocycles. The van der Waals surface area contributed by atoms with Crippen LogP contribution in [0.15, 0.2) is 47.6 Å². The molecule has 0 aliphatic carbocycles. The Balaban J connectivity index is 2.58. The number of hydrogen-bond acceptors (Lipinski definition) is 4. The normalized spacial score (nSPS) is 10.0. The molecule has 5 heteroatoms. The van der Waals surface area contributed by atoms with E-state index in [-0.39, 0.29) is 17.0 Å². The van der Waals surface area contributed by atoms with Crippen molar-refractivity contribution in [2.24, 2.45) is 5.18 Å². The third kappa shape index (κ3) is 2.06. The van der Waals surface area contributed by atoms with Gasteiger partial charge in [0.2, 0.25) is 0 Å². The van der Waals surface area contributed by atoms with E-state index in [1.54, 1.807) is 24.3 Å². The summed E-state index contributed by atoms with van der Waals surface area (Å²) in [6, 6.07) is 10.6. The Morgan fingerprint density at radius 3 is 2.50 bits per heavy atom. The Kier molecular flexibility index (Phi) is 3.05.